The van der Waals surface area contributed by atoms with Gasteiger partial charge < -0.3 is 14.7 Å². The third-order valence-corrected chi connectivity index (χ3v) is 6.61. The topological polar surface area (TPSA) is 66.8 Å². The van der Waals surface area contributed by atoms with Crippen molar-refractivity contribution in [3.05, 3.63) is 100 Å². The number of amides is 1. The third-order valence-electron chi connectivity index (χ3n) is 6.61. The van der Waals surface area contributed by atoms with Crippen LogP contribution < -0.4 is 4.74 Å². The van der Waals surface area contributed by atoms with Crippen LogP contribution in [0.3, 0.4) is 0 Å². The summed E-state index contributed by atoms with van der Waals surface area (Å²) in [5.74, 6) is -0.278. The fourth-order valence-corrected chi connectivity index (χ4v) is 4.66. The van der Waals surface area contributed by atoms with Crippen LogP contribution in [0.25, 0.3) is 0 Å². The van der Waals surface area contributed by atoms with Crippen LogP contribution in [-0.4, -0.2) is 34.0 Å². The van der Waals surface area contributed by atoms with E-state index in [1.807, 2.05) is 43.3 Å². The molecule has 0 bridgehead atoms. The highest BCUT2D eigenvalue weighted by atomic mass is 16.5. The Morgan fingerprint density at radius 1 is 0.971 bits per heavy atom. The number of carbonyl (C=O) groups excluding carboxylic acids is 1. The fraction of sp³-hybridized carbons (Fsp3) is 0.333. The molecule has 0 spiro atoms. The van der Waals surface area contributed by atoms with Crippen LogP contribution in [0.1, 0.15) is 58.4 Å². The van der Waals surface area contributed by atoms with Crippen LogP contribution in [0.5, 0.6) is 5.75 Å². The summed E-state index contributed by atoms with van der Waals surface area (Å²) in [4.78, 5) is 26.3. The van der Waals surface area contributed by atoms with E-state index >= 15 is 0 Å². The Hall–Kier alpha value is -3.60. The second-order valence-corrected chi connectivity index (χ2v) is 9.75. The third kappa shape index (κ3) is 6.10. The number of ether oxygens (including phenoxy) is 1. The van der Waals surface area contributed by atoms with E-state index in [2.05, 4.69) is 38.1 Å². The van der Waals surface area contributed by atoms with E-state index < -0.39 is 5.97 Å². The zero-order valence-electron chi connectivity index (χ0n) is 20.7. The van der Waals surface area contributed by atoms with Crippen molar-refractivity contribution in [1.82, 2.24) is 4.90 Å². The Labute approximate surface area is 207 Å². The van der Waals surface area contributed by atoms with Crippen molar-refractivity contribution in [2.75, 3.05) is 6.54 Å². The van der Waals surface area contributed by atoms with Crippen LogP contribution in [0.4, 0.5) is 0 Å². The lowest BCUT2D eigenvalue weighted by atomic mass is 9.91. The molecular formula is C30H33NO4. The molecule has 0 unspecified atom stereocenters. The van der Waals surface area contributed by atoms with Crippen LogP contribution >= 0.6 is 0 Å². The number of carboxylic acid groups (broad SMARTS) is 1. The Morgan fingerprint density at radius 2 is 1.63 bits per heavy atom. The molecule has 1 aliphatic rings. The largest absolute Gasteiger partial charge is 0.487 e. The van der Waals surface area contributed by atoms with E-state index in [-0.39, 0.29) is 24.5 Å². The highest BCUT2D eigenvalue weighted by molar-refractivity contribution is 5.95. The summed E-state index contributed by atoms with van der Waals surface area (Å²) >= 11 is 0. The SMILES string of the molecule is CCc1ccc(C[C@]2(C)Cc3cc(C(=O)N(CCC(=O)O)Cc4ccc(C)cc4)ccc3O2)cc1. The molecule has 1 atom stereocenters. The molecule has 1 amide bonds. The summed E-state index contributed by atoms with van der Waals surface area (Å²) in [6, 6.07) is 22.2. The number of hydrogen-bond acceptors (Lipinski definition) is 3. The molecule has 1 heterocycles. The van der Waals surface area contributed by atoms with E-state index in [1.54, 1.807) is 11.0 Å². The van der Waals surface area contributed by atoms with Crippen molar-refractivity contribution >= 4 is 11.9 Å². The van der Waals surface area contributed by atoms with Gasteiger partial charge in [-0.2, -0.15) is 0 Å². The summed E-state index contributed by atoms with van der Waals surface area (Å²) in [6.07, 6.45) is 2.42. The first kappa shape index (κ1) is 24.5. The lowest BCUT2D eigenvalue weighted by Crippen LogP contribution is -2.33. The van der Waals surface area contributed by atoms with Gasteiger partial charge in [-0.05, 0) is 60.7 Å². The molecular weight excluding hydrogens is 438 g/mol. The minimum absolute atomic E-state index is 0.0967. The second-order valence-electron chi connectivity index (χ2n) is 9.75. The molecule has 1 N–H and O–H groups in total. The van der Waals surface area contributed by atoms with Gasteiger partial charge in [-0.1, -0.05) is 61.0 Å². The zero-order chi connectivity index (χ0) is 25.0. The summed E-state index contributed by atoms with van der Waals surface area (Å²) in [6.45, 7) is 6.79. The number of carbonyl (C=O) groups is 2. The van der Waals surface area contributed by atoms with Crippen LogP contribution in [0.15, 0.2) is 66.7 Å². The maximum absolute atomic E-state index is 13.4. The monoisotopic (exact) mass is 471 g/mol. The van der Waals surface area contributed by atoms with Gasteiger partial charge >= 0.3 is 5.97 Å². The summed E-state index contributed by atoms with van der Waals surface area (Å²) < 4.78 is 6.33. The standard InChI is InChI=1S/C30H33NO4/c1-4-22-9-11-23(12-10-22)18-30(3)19-26-17-25(13-14-27(26)35-30)29(34)31(16-15-28(32)33)20-24-7-5-21(2)6-8-24/h5-14,17H,4,15-16,18-20H2,1-3H3,(H,32,33)/t30-/m1/s1. The minimum Gasteiger partial charge on any atom is -0.487 e. The van der Waals surface area contributed by atoms with Crippen LogP contribution in [0, 0.1) is 6.92 Å². The molecule has 1 aliphatic heterocycles. The van der Waals surface area contributed by atoms with Gasteiger partial charge in [0, 0.05) is 31.5 Å². The van der Waals surface area contributed by atoms with Gasteiger partial charge in [-0.25, -0.2) is 0 Å². The van der Waals surface area contributed by atoms with Crippen LogP contribution in [-0.2, 0) is 30.6 Å². The molecule has 0 aromatic heterocycles. The first-order valence-corrected chi connectivity index (χ1v) is 12.2. The summed E-state index contributed by atoms with van der Waals surface area (Å²) in [5.41, 5.74) is 5.85. The van der Waals surface area contributed by atoms with E-state index in [1.165, 1.54) is 11.1 Å². The molecule has 0 saturated carbocycles. The Kier molecular flexibility index (Phi) is 7.25. The molecule has 0 saturated heterocycles. The number of aliphatic carboxylic acids is 1. The molecule has 5 nitrogen and oxygen atoms in total. The quantitative estimate of drug-likeness (QED) is 0.440. The number of carboxylic acids is 1. The van der Waals surface area contributed by atoms with Crippen molar-refractivity contribution in [2.45, 2.75) is 58.6 Å². The molecule has 3 aromatic carbocycles. The van der Waals surface area contributed by atoms with Crippen molar-refractivity contribution in [3.8, 4) is 5.75 Å². The predicted molar refractivity (Wildman–Crippen MR) is 137 cm³/mol. The van der Waals surface area contributed by atoms with E-state index in [0.717, 1.165) is 35.3 Å². The van der Waals surface area contributed by atoms with E-state index in [4.69, 9.17) is 4.74 Å². The molecule has 182 valence electrons. The maximum Gasteiger partial charge on any atom is 0.305 e. The number of aryl methyl sites for hydroxylation is 2. The fourth-order valence-electron chi connectivity index (χ4n) is 4.66. The number of benzene rings is 3. The molecule has 5 heteroatoms. The average molecular weight is 472 g/mol. The first-order valence-electron chi connectivity index (χ1n) is 12.2. The second kappa shape index (κ2) is 10.3. The Balaban J connectivity index is 1.50. The summed E-state index contributed by atoms with van der Waals surface area (Å²) in [7, 11) is 0. The number of fused-ring (bicyclic) bond motifs is 1. The number of rotatable bonds is 9. The van der Waals surface area contributed by atoms with Crippen molar-refractivity contribution in [3.63, 3.8) is 0 Å². The minimum atomic E-state index is -0.920. The lowest BCUT2D eigenvalue weighted by Gasteiger charge is -2.24. The molecule has 0 radical (unpaired) electrons. The van der Waals surface area contributed by atoms with Crippen molar-refractivity contribution in [2.24, 2.45) is 0 Å². The predicted octanol–water partition coefficient (Wildman–Crippen LogP) is 5.61. The summed E-state index contributed by atoms with van der Waals surface area (Å²) in [5, 5.41) is 9.20. The maximum atomic E-state index is 13.4. The van der Waals surface area contributed by atoms with Gasteiger partial charge in [0.05, 0.1) is 6.42 Å². The normalized spacial score (nSPS) is 16.4. The van der Waals surface area contributed by atoms with Crippen LogP contribution in [0.2, 0.25) is 0 Å². The van der Waals surface area contributed by atoms with Crippen molar-refractivity contribution in [1.29, 1.82) is 0 Å². The first-order chi connectivity index (χ1) is 16.7. The lowest BCUT2D eigenvalue weighted by molar-refractivity contribution is -0.137. The molecule has 4 rings (SSSR count). The average Bonchev–Trinajstić information content (AvgIpc) is 3.17. The van der Waals surface area contributed by atoms with E-state index in [0.29, 0.717) is 18.5 Å². The smallest absolute Gasteiger partial charge is 0.305 e. The van der Waals surface area contributed by atoms with E-state index in [9.17, 15) is 14.7 Å². The van der Waals surface area contributed by atoms with Gasteiger partial charge in [-0.15, -0.1) is 0 Å². The van der Waals surface area contributed by atoms with Crippen molar-refractivity contribution < 1.29 is 19.4 Å². The zero-order valence-corrected chi connectivity index (χ0v) is 20.7. The van der Waals surface area contributed by atoms with Gasteiger partial charge in [0.15, 0.2) is 0 Å². The highest BCUT2D eigenvalue weighted by Gasteiger charge is 2.35. The molecule has 35 heavy (non-hydrogen) atoms. The van der Waals surface area contributed by atoms with Gasteiger partial charge in [-0.3, -0.25) is 9.59 Å². The molecule has 3 aromatic rings. The number of nitrogens with zero attached hydrogens (tertiary/aromatic N) is 1. The molecule has 0 aliphatic carbocycles. The number of hydrogen-bond donors (Lipinski definition) is 1. The Bertz CT molecular complexity index is 1200. The Morgan fingerprint density at radius 3 is 2.29 bits per heavy atom. The van der Waals surface area contributed by atoms with Gasteiger partial charge in [0.1, 0.15) is 11.4 Å². The highest BCUT2D eigenvalue weighted by Crippen LogP contribution is 2.37. The molecule has 0 fully saturated rings. The van der Waals surface area contributed by atoms with Gasteiger partial charge in [0.25, 0.3) is 5.91 Å². The van der Waals surface area contributed by atoms with Gasteiger partial charge in [0.2, 0.25) is 0 Å².